The Morgan fingerprint density at radius 3 is 1.64 bits per heavy atom. The van der Waals surface area contributed by atoms with Crippen LogP contribution < -0.4 is 10.6 Å². The third-order valence-electron chi connectivity index (χ3n) is 4.91. The molecule has 3 aromatic carbocycles. The summed E-state index contributed by atoms with van der Waals surface area (Å²) in [7, 11) is -3.10. The van der Waals surface area contributed by atoms with E-state index in [0.29, 0.717) is 21.7 Å². The Labute approximate surface area is 162 Å². The van der Waals surface area contributed by atoms with E-state index in [0.717, 1.165) is 12.1 Å². The highest BCUT2D eigenvalue weighted by Crippen LogP contribution is 2.52. The first-order valence-electron chi connectivity index (χ1n) is 8.82. The zero-order valence-corrected chi connectivity index (χ0v) is 16.3. The van der Waals surface area contributed by atoms with Crippen LogP contribution in [0.2, 0.25) is 0 Å². The molecule has 0 aliphatic carbocycles. The normalized spacial score (nSPS) is 13.1. The van der Waals surface area contributed by atoms with Crippen molar-refractivity contribution in [3.05, 3.63) is 103 Å². The fraction of sp³-hybridized carbons (Fsp3) is 0.130. The predicted molar refractivity (Wildman–Crippen MR) is 110 cm³/mol. The summed E-state index contributed by atoms with van der Waals surface area (Å²) in [6.07, 6.45) is -4.39. The molecule has 28 heavy (non-hydrogen) atoms. The van der Waals surface area contributed by atoms with E-state index in [1.54, 1.807) is 0 Å². The van der Waals surface area contributed by atoms with Crippen LogP contribution in [0.15, 0.2) is 91.5 Å². The number of allylic oxidation sites excluding steroid dienone is 1. The highest BCUT2D eigenvalue weighted by atomic mass is 31.2. The molecule has 0 aromatic heterocycles. The molecule has 0 amide bonds. The van der Waals surface area contributed by atoms with Crippen LogP contribution in [-0.2, 0) is 10.7 Å². The van der Waals surface area contributed by atoms with Crippen molar-refractivity contribution in [2.75, 3.05) is 0 Å². The summed E-state index contributed by atoms with van der Waals surface area (Å²) in [5.74, 6) is 0. The van der Waals surface area contributed by atoms with Crippen molar-refractivity contribution in [1.82, 2.24) is 0 Å². The minimum Gasteiger partial charge on any atom is -0.313 e. The molecule has 144 valence electrons. The maximum absolute atomic E-state index is 14.3. The molecule has 1 nitrogen and oxygen atoms in total. The van der Waals surface area contributed by atoms with Crippen molar-refractivity contribution in [2.24, 2.45) is 0 Å². The maximum atomic E-state index is 14.3. The zero-order valence-electron chi connectivity index (χ0n) is 15.4. The van der Waals surface area contributed by atoms with Crippen LogP contribution in [0.5, 0.6) is 0 Å². The van der Waals surface area contributed by atoms with E-state index in [-0.39, 0.29) is 0 Å². The van der Waals surface area contributed by atoms with Gasteiger partial charge in [0.05, 0.1) is 5.56 Å². The van der Waals surface area contributed by atoms with Gasteiger partial charge in [-0.1, -0.05) is 86.3 Å². The van der Waals surface area contributed by atoms with Gasteiger partial charge in [0, 0.05) is 16.3 Å². The molecular formula is C23H20F3OP. The molecule has 0 saturated carbocycles. The second kappa shape index (κ2) is 7.81. The lowest BCUT2D eigenvalue weighted by molar-refractivity contribution is -0.137. The van der Waals surface area contributed by atoms with Gasteiger partial charge < -0.3 is 4.57 Å². The third-order valence-corrected chi connectivity index (χ3v) is 8.45. The molecule has 3 rings (SSSR count). The Kier molecular flexibility index (Phi) is 5.62. The highest BCUT2D eigenvalue weighted by Gasteiger charge is 2.36. The van der Waals surface area contributed by atoms with Gasteiger partial charge in [0.2, 0.25) is 0 Å². The number of alkyl halides is 3. The smallest absolute Gasteiger partial charge is 0.313 e. The Morgan fingerprint density at radius 2 is 1.25 bits per heavy atom. The number of hydrogen-bond donors (Lipinski definition) is 0. The van der Waals surface area contributed by atoms with E-state index < -0.39 is 24.5 Å². The number of benzene rings is 3. The predicted octanol–water partition coefficient (Wildman–Crippen LogP) is 6.12. The van der Waals surface area contributed by atoms with Gasteiger partial charge >= 0.3 is 6.18 Å². The molecule has 0 saturated heterocycles. The average molecular weight is 400 g/mol. The van der Waals surface area contributed by atoms with Crippen LogP contribution >= 0.6 is 7.14 Å². The fourth-order valence-electron chi connectivity index (χ4n) is 3.23. The van der Waals surface area contributed by atoms with E-state index in [4.69, 9.17) is 0 Å². The molecule has 0 radical (unpaired) electrons. The number of hydrogen-bond acceptors (Lipinski definition) is 1. The Morgan fingerprint density at radius 1 is 0.821 bits per heavy atom. The van der Waals surface area contributed by atoms with Gasteiger partial charge in [-0.3, -0.25) is 0 Å². The topological polar surface area (TPSA) is 17.1 Å². The molecule has 0 heterocycles. The van der Waals surface area contributed by atoms with Crippen molar-refractivity contribution < 1.29 is 17.7 Å². The lowest BCUT2D eigenvalue weighted by atomic mass is 10.0. The van der Waals surface area contributed by atoms with Crippen molar-refractivity contribution in [2.45, 2.75) is 18.8 Å². The summed E-state index contributed by atoms with van der Waals surface area (Å²) in [4.78, 5) is 0. The molecule has 0 spiro atoms. The summed E-state index contributed by atoms with van der Waals surface area (Å²) in [6, 6.07) is 23.2. The van der Waals surface area contributed by atoms with Crippen LogP contribution in [0.3, 0.4) is 0 Å². The quantitative estimate of drug-likeness (QED) is 0.472. The lowest BCUT2D eigenvalue weighted by Gasteiger charge is -2.28. The molecule has 1 atom stereocenters. The largest absolute Gasteiger partial charge is 0.416 e. The first-order valence-corrected chi connectivity index (χ1v) is 10.6. The summed E-state index contributed by atoms with van der Waals surface area (Å²) in [5.41, 5.74) is -0.0996. The van der Waals surface area contributed by atoms with Crippen LogP contribution in [-0.4, -0.2) is 5.66 Å². The van der Waals surface area contributed by atoms with E-state index >= 15 is 0 Å². The van der Waals surface area contributed by atoms with Gasteiger partial charge in [-0.2, -0.15) is 13.2 Å². The maximum Gasteiger partial charge on any atom is 0.416 e. The average Bonchev–Trinajstić information content (AvgIpc) is 2.73. The monoisotopic (exact) mass is 400 g/mol. The van der Waals surface area contributed by atoms with Gasteiger partial charge in [-0.15, -0.1) is 0 Å². The Balaban J connectivity index is 2.04. The van der Waals surface area contributed by atoms with Gasteiger partial charge in [-0.25, -0.2) is 0 Å². The molecule has 0 unspecified atom stereocenters. The third kappa shape index (κ3) is 3.83. The van der Waals surface area contributed by atoms with Crippen molar-refractivity contribution >= 4 is 23.3 Å². The molecule has 0 N–H and O–H groups in total. The zero-order chi connectivity index (χ0) is 20.4. The molecular weight excluding hydrogens is 380 g/mol. The van der Waals surface area contributed by atoms with E-state index in [2.05, 4.69) is 6.58 Å². The first-order chi connectivity index (χ1) is 13.2. The lowest BCUT2D eigenvalue weighted by Crippen LogP contribution is -2.24. The molecule has 0 bridgehead atoms. The van der Waals surface area contributed by atoms with Crippen LogP contribution in [0.25, 0.3) is 5.57 Å². The minimum atomic E-state index is -4.39. The van der Waals surface area contributed by atoms with Gasteiger partial charge in [0.15, 0.2) is 0 Å². The number of rotatable bonds is 5. The molecule has 0 fully saturated rings. The summed E-state index contributed by atoms with van der Waals surface area (Å²) in [5, 5.41) is 1.39. The van der Waals surface area contributed by atoms with Gasteiger partial charge in [0.25, 0.3) is 0 Å². The summed E-state index contributed by atoms with van der Waals surface area (Å²) < 4.78 is 52.8. The van der Waals surface area contributed by atoms with Gasteiger partial charge in [0.1, 0.15) is 7.14 Å². The molecule has 5 heteroatoms. The Bertz CT molecular complexity index is 950. The van der Waals surface area contributed by atoms with E-state index in [1.807, 2.05) is 67.6 Å². The van der Waals surface area contributed by atoms with E-state index in [1.165, 1.54) is 12.1 Å². The second-order valence-corrected chi connectivity index (χ2v) is 9.73. The molecule has 0 aliphatic heterocycles. The van der Waals surface area contributed by atoms with Crippen LogP contribution in [0.4, 0.5) is 13.2 Å². The van der Waals surface area contributed by atoms with Crippen LogP contribution in [0.1, 0.15) is 18.1 Å². The number of halogens is 3. The van der Waals surface area contributed by atoms with Crippen molar-refractivity contribution in [1.29, 1.82) is 0 Å². The fourth-order valence-corrected chi connectivity index (χ4v) is 6.24. The van der Waals surface area contributed by atoms with E-state index in [9.17, 15) is 17.7 Å². The highest BCUT2D eigenvalue weighted by molar-refractivity contribution is 7.79. The van der Waals surface area contributed by atoms with Crippen LogP contribution in [0, 0.1) is 0 Å². The second-order valence-electron chi connectivity index (χ2n) is 6.61. The standard InChI is InChI=1S/C23H20F3OP/c1-17(19-13-15-20(16-14-19)23(24,25)26)18(2)28(27,21-9-5-3-6-10-21)22-11-7-4-8-12-22/h3-16,18H,1H2,2H3/t18-/m0/s1. The first kappa shape index (κ1) is 20.2. The van der Waals surface area contributed by atoms with Crippen molar-refractivity contribution in [3.8, 4) is 0 Å². The Hall–Kier alpha value is -2.58. The van der Waals surface area contributed by atoms with Gasteiger partial charge in [-0.05, 0) is 23.3 Å². The summed E-state index contributed by atoms with van der Waals surface area (Å²) >= 11 is 0. The minimum absolute atomic E-state index is 0.478. The molecule has 0 aliphatic rings. The summed E-state index contributed by atoms with van der Waals surface area (Å²) in [6.45, 7) is 5.90. The molecule has 3 aromatic rings. The SMILES string of the molecule is C=C(c1ccc(C(F)(F)F)cc1)[C@H](C)P(=O)(c1ccccc1)c1ccccc1. The van der Waals surface area contributed by atoms with Crippen molar-refractivity contribution in [3.63, 3.8) is 0 Å².